The molecule has 2 N–H and O–H groups in total. The second kappa shape index (κ2) is 6.23. The molecule has 0 aliphatic carbocycles. The number of likely N-dealkylation sites (tertiary alicyclic amines) is 1. The van der Waals surface area contributed by atoms with E-state index >= 15 is 0 Å². The third-order valence-corrected chi connectivity index (χ3v) is 5.96. The first kappa shape index (κ1) is 17.1. The molecule has 0 saturated carbocycles. The van der Waals surface area contributed by atoms with Crippen molar-refractivity contribution in [1.82, 2.24) is 4.90 Å². The molecule has 0 bridgehead atoms. The lowest BCUT2D eigenvalue weighted by Gasteiger charge is -2.29. The lowest BCUT2D eigenvalue weighted by atomic mass is 10.0. The summed E-state index contributed by atoms with van der Waals surface area (Å²) in [4.78, 5) is 14.0. The largest absolute Gasteiger partial charge is 0.322 e. The van der Waals surface area contributed by atoms with E-state index in [1.807, 2.05) is 34.6 Å². The molecule has 1 aliphatic rings. The zero-order valence-corrected chi connectivity index (χ0v) is 13.7. The first-order chi connectivity index (χ1) is 9.09. The van der Waals surface area contributed by atoms with E-state index in [0.29, 0.717) is 6.42 Å². The van der Waals surface area contributed by atoms with Crippen LogP contribution in [-0.2, 0) is 15.6 Å². The van der Waals surface area contributed by atoms with E-state index in [4.69, 9.17) is 11.0 Å². The van der Waals surface area contributed by atoms with Gasteiger partial charge in [0.25, 0.3) is 0 Å². The standard InChI is InChI=1S/C14H25N3O2S/c1-9-6-11(7-15)17(10(9)2)13(18)12(16)8-20(19)14(3,4)5/h9-12H,6,8,16H2,1-5H3/t9?,10?,11-,12-,20?/m0/s1. The summed E-state index contributed by atoms with van der Waals surface area (Å²) in [6, 6.07) is 0.947. The Morgan fingerprint density at radius 1 is 1.50 bits per heavy atom. The van der Waals surface area contributed by atoms with Gasteiger partial charge in [-0.15, -0.1) is 0 Å². The maximum absolute atomic E-state index is 12.4. The van der Waals surface area contributed by atoms with Gasteiger partial charge in [-0.2, -0.15) is 5.26 Å². The minimum Gasteiger partial charge on any atom is -0.322 e. The van der Waals surface area contributed by atoms with Crippen LogP contribution in [0.1, 0.15) is 41.0 Å². The Morgan fingerprint density at radius 2 is 2.05 bits per heavy atom. The minimum absolute atomic E-state index is 0.00118. The molecule has 3 unspecified atom stereocenters. The van der Waals surface area contributed by atoms with Gasteiger partial charge in [-0.25, -0.2) is 0 Å². The van der Waals surface area contributed by atoms with Crippen molar-refractivity contribution in [3.8, 4) is 6.07 Å². The van der Waals surface area contributed by atoms with E-state index in [9.17, 15) is 9.00 Å². The van der Waals surface area contributed by atoms with Crippen molar-refractivity contribution in [2.75, 3.05) is 5.75 Å². The molecule has 1 fully saturated rings. The van der Waals surface area contributed by atoms with E-state index in [-0.39, 0.29) is 23.6 Å². The lowest BCUT2D eigenvalue weighted by molar-refractivity contribution is -0.134. The summed E-state index contributed by atoms with van der Waals surface area (Å²) < 4.78 is 11.7. The summed E-state index contributed by atoms with van der Waals surface area (Å²) in [5.41, 5.74) is 5.93. The van der Waals surface area contributed by atoms with Gasteiger partial charge in [0, 0.05) is 27.3 Å². The number of nitriles is 1. The highest BCUT2D eigenvalue weighted by molar-refractivity contribution is 7.86. The molecule has 114 valence electrons. The zero-order chi connectivity index (χ0) is 15.7. The number of carbonyl (C=O) groups is 1. The van der Waals surface area contributed by atoms with Crippen LogP contribution >= 0.6 is 0 Å². The van der Waals surface area contributed by atoms with Crippen LogP contribution < -0.4 is 5.73 Å². The molecule has 5 nitrogen and oxygen atoms in total. The van der Waals surface area contributed by atoms with Crippen LogP contribution in [0, 0.1) is 17.2 Å². The van der Waals surface area contributed by atoms with E-state index in [2.05, 4.69) is 6.07 Å². The molecule has 6 heteroatoms. The van der Waals surface area contributed by atoms with Crippen LogP contribution in [-0.4, -0.2) is 43.6 Å². The first-order valence-electron chi connectivity index (χ1n) is 6.95. The second-order valence-electron chi connectivity index (χ2n) is 6.58. The molecule has 1 amide bonds. The van der Waals surface area contributed by atoms with Gasteiger partial charge in [-0.3, -0.25) is 9.00 Å². The van der Waals surface area contributed by atoms with Crippen molar-refractivity contribution in [3.63, 3.8) is 0 Å². The number of hydrogen-bond acceptors (Lipinski definition) is 4. The Balaban J connectivity index is 2.79. The van der Waals surface area contributed by atoms with Gasteiger partial charge in [0.1, 0.15) is 6.04 Å². The third kappa shape index (κ3) is 3.58. The van der Waals surface area contributed by atoms with Gasteiger partial charge in [0.05, 0.1) is 12.1 Å². The fourth-order valence-corrected chi connectivity index (χ4v) is 3.33. The minimum atomic E-state index is -1.18. The van der Waals surface area contributed by atoms with Crippen LogP contribution in [0.2, 0.25) is 0 Å². The Hall–Kier alpha value is -0.930. The molecule has 5 atom stereocenters. The predicted octanol–water partition coefficient (Wildman–Crippen LogP) is 1.01. The molecule has 0 aromatic heterocycles. The first-order valence-corrected chi connectivity index (χ1v) is 8.27. The quantitative estimate of drug-likeness (QED) is 0.842. The number of hydrogen-bond donors (Lipinski definition) is 1. The average molecular weight is 299 g/mol. The monoisotopic (exact) mass is 299 g/mol. The maximum Gasteiger partial charge on any atom is 0.241 e. The van der Waals surface area contributed by atoms with E-state index in [0.717, 1.165) is 0 Å². The van der Waals surface area contributed by atoms with Crippen LogP contribution in [0.4, 0.5) is 0 Å². The van der Waals surface area contributed by atoms with Crippen molar-refractivity contribution in [1.29, 1.82) is 5.26 Å². The summed E-state index contributed by atoms with van der Waals surface area (Å²) in [6.45, 7) is 9.55. The van der Waals surface area contributed by atoms with Gasteiger partial charge in [-0.1, -0.05) is 6.92 Å². The molecular weight excluding hydrogens is 274 g/mol. The van der Waals surface area contributed by atoms with Gasteiger partial charge >= 0.3 is 0 Å². The number of carbonyl (C=O) groups excluding carboxylic acids is 1. The highest BCUT2D eigenvalue weighted by Gasteiger charge is 2.41. The number of amides is 1. The van der Waals surface area contributed by atoms with Gasteiger partial charge in [-0.05, 0) is 40.0 Å². The SMILES string of the molecule is CC1C[C@@H](C#N)N(C(=O)[C@@H](N)CS(=O)C(C)(C)C)C1C. The maximum atomic E-state index is 12.4. The fraction of sp³-hybridized carbons (Fsp3) is 0.857. The summed E-state index contributed by atoms with van der Waals surface area (Å²) in [5, 5.41) is 9.17. The molecular formula is C14H25N3O2S. The van der Waals surface area contributed by atoms with Gasteiger partial charge in [0.2, 0.25) is 5.91 Å². The molecule has 1 saturated heterocycles. The Bertz CT molecular complexity index is 439. The molecule has 0 radical (unpaired) electrons. The van der Waals surface area contributed by atoms with E-state index < -0.39 is 27.6 Å². The van der Waals surface area contributed by atoms with Gasteiger partial charge in [0.15, 0.2) is 0 Å². The van der Waals surface area contributed by atoms with Crippen LogP contribution in [0.3, 0.4) is 0 Å². The fourth-order valence-electron chi connectivity index (χ4n) is 2.37. The highest BCUT2D eigenvalue weighted by atomic mass is 32.2. The molecule has 20 heavy (non-hydrogen) atoms. The molecule has 1 rings (SSSR count). The van der Waals surface area contributed by atoms with Gasteiger partial charge < -0.3 is 10.6 Å². The van der Waals surface area contributed by atoms with Crippen molar-refractivity contribution in [2.24, 2.45) is 11.7 Å². The summed E-state index contributed by atoms with van der Waals surface area (Å²) in [6.07, 6.45) is 0.679. The molecule has 1 heterocycles. The molecule has 1 aliphatic heterocycles. The number of nitrogens with two attached hydrogens (primary N) is 1. The van der Waals surface area contributed by atoms with Crippen molar-refractivity contribution < 1.29 is 9.00 Å². The average Bonchev–Trinajstić information content (AvgIpc) is 2.63. The summed E-state index contributed by atoms with van der Waals surface area (Å²) in [7, 11) is -1.18. The van der Waals surface area contributed by atoms with Crippen molar-refractivity contribution >= 4 is 16.7 Å². The van der Waals surface area contributed by atoms with Crippen LogP contribution in [0.15, 0.2) is 0 Å². The number of rotatable bonds is 3. The van der Waals surface area contributed by atoms with Crippen LogP contribution in [0.5, 0.6) is 0 Å². The smallest absolute Gasteiger partial charge is 0.241 e. The molecule has 0 spiro atoms. The Labute approximate surface area is 124 Å². The third-order valence-electron chi connectivity index (χ3n) is 3.93. The molecule has 0 aromatic rings. The van der Waals surface area contributed by atoms with Crippen molar-refractivity contribution in [3.05, 3.63) is 0 Å². The Kier molecular flexibility index (Phi) is 5.33. The Morgan fingerprint density at radius 3 is 2.50 bits per heavy atom. The van der Waals surface area contributed by atoms with E-state index in [1.165, 1.54) is 0 Å². The van der Waals surface area contributed by atoms with E-state index in [1.54, 1.807) is 4.90 Å². The summed E-state index contributed by atoms with van der Waals surface area (Å²) >= 11 is 0. The number of nitrogens with zero attached hydrogens (tertiary/aromatic N) is 2. The summed E-state index contributed by atoms with van der Waals surface area (Å²) in [5.74, 6) is 0.160. The normalized spacial score (nSPS) is 29.9. The highest BCUT2D eigenvalue weighted by Crippen LogP contribution is 2.29. The van der Waals surface area contributed by atoms with Crippen molar-refractivity contribution in [2.45, 2.75) is 63.9 Å². The molecule has 0 aromatic carbocycles. The van der Waals surface area contributed by atoms with Crippen LogP contribution in [0.25, 0.3) is 0 Å². The second-order valence-corrected chi connectivity index (χ2v) is 8.82. The predicted molar refractivity (Wildman–Crippen MR) is 80.2 cm³/mol. The zero-order valence-electron chi connectivity index (χ0n) is 12.9. The lowest BCUT2D eigenvalue weighted by Crippen LogP contribution is -2.51. The topological polar surface area (TPSA) is 87.2 Å².